The Morgan fingerprint density at radius 2 is 2.18 bits per heavy atom. The van der Waals surface area contributed by atoms with E-state index in [2.05, 4.69) is 20.8 Å². The lowest BCUT2D eigenvalue weighted by Gasteiger charge is -2.36. The smallest absolute Gasteiger partial charge is 0.332 e. The Balaban J connectivity index is 1.70. The average Bonchev–Trinajstić information content (AvgIpc) is 2.88. The second-order valence-corrected chi connectivity index (χ2v) is 7.74. The quantitative estimate of drug-likeness (QED) is 0.698. The zero-order valence-corrected chi connectivity index (χ0v) is 14.4. The van der Waals surface area contributed by atoms with Gasteiger partial charge in [-0.15, -0.1) is 11.8 Å². The maximum Gasteiger partial charge on any atom is 0.332 e. The highest BCUT2D eigenvalue weighted by Gasteiger charge is 2.32. The molecule has 0 aromatic rings. The van der Waals surface area contributed by atoms with Crippen molar-refractivity contribution in [1.29, 1.82) is 0 Å². The van der Waals surface area contributed by atoms with Crippen LogP contribution in [0.15, 0.2) is 0 Å². The maximum absolute atomic E-state index is 11.8. The largest absolute Gasteiger partial charge is 0.459 e. The fraction of sp³-hybridized carbons (Fsp3) is 0.875. The van der Waals surface area contributed by atoms with Crippen LogP contribution in [0.2, 0.25) is 0 Å². The van der Waals surface area contributed by atoms with Gasteiger partial charge in [-0.05, 0) is 30.6 Å². The Bertz CT molecular complexity index is 398. The minimum absolute atomic E-state index is 0.0219. The van der Waals surface area contributed by atoms with Crippen LogP contribution in [0.25, 0.3) is 0 Å². The highest BCUT2D eigenvalue weighted by Crippen LogP contribution is 2.35. The van der Waals surface area contributed by atoms with Crippen molar-refractivity contribution in [2.45, 2.75) is 51.6 Å². The number of thioether (sulfide) groups is 1. The molecule has 2 fully saturated rings. The molecule has 0 radical (unpaired) electrons. The van der Waals surface area contributed by atoms with E-state index >= 15 is 0 Å². The number of carbonyl (C=O) groups excluding carboxylic acids is 2. The SMILES string of the molecule is CC1CCC(C(C)C)C(OCC(=O)OC[C@H]2OC(=O)CS2)C1. The van der Waals surface area contributed by atoms with E-state index in [1.54, 1.807) is 0 Å². The molecule has 2 aliphatic rings. The molecule has 2 rings (SSSR count). The molecule has 0 aromatic heterocycles. The summed E-state index contributed by atoms with van der Waals surface area (Å²) < 4.78 is 15.9. The molecule has 22 heavy (non-hydrogen) atoms. The molecule has 4 atom stereocenters. The molecule has 0 bridgehead atoms. The number of rotatable bonds is 6. The molecule has 3 unspecified atom stereocenters. The Kier molecular flexibility index (Phi) is 6.56. The van der Waals surface area contributed by atoms with E-state index in [9.17, 15) is 9.59 Å². The van der Waals surface area contributed by atoms with Gasteiger partial charge in [-0.2, -0.15) is 0 Å². The first-order valence-corrected chi connectivity index (χ1v) is 9.09. The molecule has 1 heterocycles. The monoisotopic (exact) mass is 330 g/mol. The van der Waals surface area contributed by atoms with Crippen LogP contribution in [-0.2, 0) is 23.8 Å². The summed E-state index contributed by atoms with van der Waals surface area (Å²) in [6, 6.07) is 0. The van der Waals surface area contributed by atoms with E-state index in [1.807, 2.05) is 0 Å². The molecule has 1 saturated carbocycles. The van der Waals surface area contributed by atoms with E-state index in [1.165, 1.54) is 18.2 Å². The number of hydrogen-bond acceptors (Lipinski definition) is 6. The van der Waals surface area contributed by atoms with E-state index in [0.29, 0.717) is 23.5 Å². The van der Waals surface area contributed by atoms with Gasteiger partial charge in [0, 0.05) is 0 Å². The van der Waals surface area contributed by atoms with Crippen molar-refractivity contribution < 1.29 is 23.8 Å². The molecule has 0 spiro atoms. The van der Waals surface area contributed by atoms with Crippen molar-refractivity contribution in [2.75, 3.05) is 19.0 Å². The molecule has 5 nitrogen and oxygen atoms in total. The van der Waals surface area contributed by atoms with Crippen molar-refractivity contribution in [2.24, 2.45) is 17.8 Å². The summed E-state index contributed by atoms with van der Waals surface area (Å²) in [5.41, 5.74) is -0.366. The predicted molar refractivity (Wildman–Crippen MR) is 84.4 cm³/mol. The van der Waals surface area contributed by atoms with Crippen molar-refractivity contribution in [3.05, 3.63) is 0 Å². The first-order chi connectivity index (χ1) is 10.5. The zero-order chi connectivity index (χ0) is 16.1. The number of carbonyl (C=O) groups is 2. The molecular formula is C16H26O5S. The summed E-state index contributed by atoms with van der Waals surface area (Å²) in [6.07, 6.45) is 3.53. The normalized spacial score (nSPS) is 32.1. The first-order valence-electron chi connectivity index (χ1n) is 8.04. The van der Waals surface area contributed by atoms with Gasteiger partial charge in [-0.25, -0.2) is 4.79 Å². The molecule has 6 heteroatoms. The third-order valence-electron chi connectivity index (χ3n) is 4.41. The van der Waals surface area contributed by atoms with E-state index in [-0.39, 0.29) is 36.7 Å². The van der Waals surface area contributed by atoms with Crippen LogP contribution in [0, 0.1) is 17.8 Å². The van der Waals surface area contributed by atoms with Gasteiger partial charge in [-0.3, -0.25) is 4.79 Å². The fourth-order valence-electron chi connectivity index (χ4n) is 3.14. The number of cyclic esters (lactones) is 1. The fourth-order valence-corrected chi connectivity index (χ4v) is 3.87. The van der Waals surface area contributed by atoms with Crippen molar-refractivity contribution in [3.8, 4) is 0 Å². The minimum Gasteiger partial charge on any atom is -0.459 e. The summed E-state index contributed by atoms with van der Waals surface area (Å²) in [6.45, 7) is 6.73. The van der Waals surface area contributed by atoms with Crippen LogP contribution in [0.5, 0.6) is 0 Å². The van der Waals surface area contributed by atoms with E-state index in [0.717, 1.165) is 12.8 Å². The molecular weight excluding hydrogens is 304 g/mol. The highest BCUT2D eigenvalue weighted by molar-refractivity contribution is 8.00. The van der Waals surface area contributed by atoms with Gasteiger partial charge in [0.1, 0.15) is 13.2 Å². The second kappa shape index (κ2) is 8.20. The molecule has 0 aromatic carbocycles. The predicted octanol–water partition coefficient (Wildman–Crippen LogP) is 2.62. The molecule has 1 aliphatic heterocycles. The van der Waals surface area contributed by atoms with Crippen LogP contribution in [0.3, 0.4) is 0 Å². The summed E-state index contributed by atoms with van der Waals surface area (Å²) in [5.74, 6) is 1.40. The third kappa shape index (κ3) is 5.16. The lowest BCUT2D eigenvalue weighted by atomic mass is 9.75. The van der Waals surface area contributed by atoms with Gasteiger partial charge in [0.15, 0.2) is 5.44 Å². The average molecular weight is 330 g/mol. The lowest BCUT2D eigenvalue weighted by Crippen LogP contribution is -2.36. The van der Waals surface area contributed by atoms with Gasteiger partial charge < -0.3 is 14.2 Å². The lowest BCUT2D eigenvalue weighted by molar-refractivity contribution is -0.158. The maximum atomic E-state index is 11.8. The standard InChI is InChI=1S/C16H26O5S/c1-10(2)12-5-4-11(3)6-13(12)19-7-14(17)20-8-16-21-15(18)9-22-16/h10-13,16H,4-9H2,1-3H3/t11?,12?,13?,16-/m0/s1. The molecule has 0 amide bonds. The van der Waals surface area contributed by atoms with Crippen LogP contribution in [0.4, 0.5) is 0 Å². The number of ether oxygens (including phenoxy) is 3. The van der Waals surface area contributed by atoms with Gasteiger partial charge in [0.2, 0.25) is 0 Å². The van der Waals surface area contributed by atoms with Crippen LogP contribution in [-0.4, -0.2) is 42.4 Å². The van der Waals surface area contributed by atoms with Crippen LogP contribution < -0.4 is 0 Å². The highest BCUT2D eigenvalue weighted by atomic mass is 32.2. The van der Waals surface area contributed by atoms with Crippen LogP contribution >= 0.6 is 11.8 Å². The van der Waals surface area contributed by atoms with Crippen LogP contribution in [0.1, 0.15) is 40.0 Å². The van der Waals surface area contributed by atoms with Crippen molar-refractivity contribution in [1.82, 2.24) is 0 Å². The zero-order valence-electron chi connectivity index (χ0n) is 13.6. The Morgan fingerprint density at radius 3 is 2.82 bits per heavy atom. The summed E-state index contributed by atoms with van der Waals surface area (Å²) in [7, 11) is 0. The van der Waals surface area contributed by atoms with Gasteiger partial charge >= 0.3 is 11.9 Å². The molecule has 126 valence electrons. The summed E-state index contributed by atoms with van der Waals surface area (Å²) >= 11 is 1.35. The summed E-state index contributed by atoms with van der Waals surface area (Å²) in [4.78, 5) is 22.7. The van der Waals surface area contributed by atoms with Gasteiger partial charge in [0.25, 0.3) is 0 Å². The Hall–Kier alpha value is -0.750. The molecule has 1 saturated heterocycles. The number of esters is 2. The first kappa shape index (κ1) is 17.6. The number of hydrogen-bond donors (Lipinski definition) is 0. The minimum atomic E-state index is -0.385. The van der Waals surface area contributed by atoms with E-state index in [4.69, 9.17) is 14.2 Å². The topological polar surface area (TPSA) is 61.8 Å². The Labute approximate surface area is 136 Å². The van der Waals surface area contributed by atoms with Crippen molar-refractivity contribution >= 4 is 23.7 Å². The Morgan fingerprint density at radius 1 is 1.41 bits per heavy atom. The summed E-state index contributed by atoms with van der Waals surface area (Å²) in [5, 5.41) is 0. The van der Waals surface area contributed by atoms with Gasteiger partial charge in [-0.1, -0.05) is 27.2 Å². The molecule has 1 aliphatic carbocycles. The second-order valence-electron chi connectivity index (χ2n) is 6.59. The third-order valence-corrected chi connectivity index (χ3v) is 5.41. The van der Waals surface area contributed by atoms with Crippen molar-refractivity contribution in [3.63, 3.8) is 0 Å². The molecule has 0 N–H and O–H groups in total. The van der Waals surface area contributed by atoms with E-state index < -0.39 is 0 Å². The van der Waals surface area contributed by atoms with Gasteiger partial charge in [0.05, 0.1) is 11.9 Å².